The van der Waals surface area contributed by atoms with Gasteiger partial charge in [0.05, 0.1) is 6.54 Å². The first-order valence-corrected chi connectivity index (χ1v) is 6.40. The third kappa shape index (κ3) is 3.97. The van der Waals surface area contributed by atoms with Crippen LogP contribution in [0.2, 0.25) is 0 Å². The van der Waals surface area contributed by atoms with Crippen LogP contribution in [0.4, 0.5) is 0 Å². The fourth-order valence-electron chi connectivity index (χ4n) is 1.91. The van der Waals surface area contributed by atoms with E-state index >= 15 is 0 Å². The molecule has 0 aliphatic rings. The molecule has 0 fully saturated rings. The molecule has 1 heterocycles. The van der Waals surface area contributed by atoms with Crippen LogP contribution in [0.15, 0.2) is 12.4 Å². The van der Waals surface area contributed by atoms with Gasteiger partial charge in [-0.3, -0.25) is 0 Å². The molecular formula is C13H25N3. The molecule has 2 unspecified atom stereocenters. The molecule has 1 aromatic heterocycles. The van der Waals surface area contributed by atoms with Crippen molar-refractivity contribution in [2.75, 3.05) is 0 Å². The summed E-state index contributed by atoms with van der Waals surface area (Å²) in [5.41, 5.74) is 0. The van der Waals surface area contributed by atoms with Crippen molar-refractivity contribution in [2.24, 2.45) is 5.92 Å². The lowest BCUT2D eigenvalue weighted by Gasteiger charge is -2.17. The van der Waals surface area contributed by atoms with Crippen molar-refractivity contribution in [3.8, 4) is 0 Å². The lowest BCUT2D eigenvalue weighted by Crippen LogP contribution is -2.28. The maximum Gasteiger partial charge on any atom is 0.122 e. The average molecular weight is 223 g/mol. The molecule has 92 valence electrons. The highest BCUT2D eigenvalue weighted by Crippen LogP contribution is 2.09. The van der Waals surface area contributed by atoms with Gasteiger partial charge in [-0.15, -0.1) is 0 Å². The first-order valence-electron chi connectivity index (χ1n) is 6.40. The SMILES string of the molecule is CCC(C)CC(C)NCc1nccn1CC. The fourth-order valence-corrected chi connectivity index (χ4v) is 1.91. The molecule has 16 heavy (non-hydrogen) atoms. The summed E-state index contributed by atoms with van der Waals surface area (Å²) in [6, 6.07) is 0.567. The van der Waals surface area contributed by atoms with Crippen molar-refractivity contribution in [3.63, 3.8) is 0 Å². The Morgan fingerprint density at radius 1 is 1.38 bits per heavy atom. The molecule has 0 saturated heterocycles. The van der Waals surface area contributed by atoms with Crippen molar-refractivity contribution >= 4 is 0 Å². The molecule has 1 N–H and O–H groups in total. The normalized spacial score (nSPS) is 15.0. The van der Waals surface area contributed by atoms with Crippen LogP contribution in [0.3, 0.4) is 0 Å². The minimum absolute atomic E-state index is 0.567. The van der Waals surface area contributed by atoms with Crippen LogP contribution in [0.1, 0.15) is 46.4 Å². The number of hydrogen-bond donors (Lipinski definition) is 1. The lowest BCUT2D eigenvalue weighted by molar-refractivity contribution is 0.406. The predicted octanol–water partition coefficient (Wildman–Crippen LogP) is 2.82. The summed E-state index contributed by atoms with van der Waals surface area (Å²) < 4.78 is 2.18. The monoisotopic (exact) mass is 223 g/mol. The van der Waals surface area contributed by atoms with E-state index in [4.69, 9.17) is 0 Å². The predicted molar refractivity (Wildman–Crippen MR) is 68.3 cm³/mol. The van der Waals surface area contributed by atoms with Gasteiger partial charge in [0, 0.05) is 25.0 Å². The maximum absolute atomic E-state index is 4.36. The average Bonchev–Trinajstić information content (AvgIpc) is 2.73. The Kier molecular flexibility index (Phi) is 5.53. The molecule has 1 aromatic rings. The van der Waals surface area contributed by atoms with Gasteiger partial charge in [0.1, 0.15) is 5.82 Å². The van der Waals surface area contributed by atoms with Crippen LogP contribution in [-0.2, 0) is 13.1 Å². The number of nitrogens with one attached hydrogen (secondary N) is 1. The van der Waals surface area contributed by atoms with Crippen molar-refractivity contribution < 1.29 is 0 Å². The third-order valence-corrected chi connectivity index (χ3v) is 3.20. The second-order valence-electron chi connectivity index (χ2n) is 4.66. The number of hydrogen-bond acceptors (Lipinski definition) is 2. The van der Waals surface area contributed by atoms with Crippen molar-refractivity contribution in [1.82, 2.24) is 14.9 Å². The number of imidazole rings is 1. The Hall–Kier alpha value is -0.830. The Morgan fingerprint density at radius 2 is 2.12 bits per heavy atom. The molecule has 0 saturated carbocycles. The first kappa shape index (κ1) is 13.2. The number of aryl methyl sites for hydroxylation is 1. The summed E-state index contributed by atoms with van der Waals surface area (Å²) in [6.07, 6.45) is 6.41. The molecule has 0 aliphatic heterocycles. The van der Waals surface area contributed by atoms with Gasteiger partial charge in [0.2, 0.25) is 0 Å². The zero-order valence-corrected chi connectivity index (χ0v) is 11.0. The highest BCUT2D eigenvalue weighted by atomic mass is 15.1. The minimum atomic E-state index is 0.567. The zero-order chi connectivity index (χ0) is 12.0. The van der Waals surface area contributed by atoms with Crippen LogP contribution in [0.25, 0.3) is 0 Å². The topological polar surface area (TPSA) is 29.9 Å². The van der Waals surface area contributed by atoms with E-state index in [2.05, 4.69) is 42.6 Å². The van der Waals surface area contributed by atoms with Crippen molar-refractivity contribution in [2.45, 2.75) is 59.7 Å². The van der Waals surface area contributed by atoms with Gasteiger partial charge in [0.15, 0.2) is 0 Å². The number of aromatic nitrogens is 2. The maximum atomic E-state index is 4.36. The van der Waals surface area contributed by atoms with E-state index in [0.717, 1.165) is 24.8 Å². The van der Waals surface area contributed by atoms with Crippen LogP contribution >= 0.6 is 0 Å². The highest BCUT2D eigenvalue weighted by molar-refractivity contribution is 4.91. The smallest absolute Gasteiger partial charge is 0.122 e. The Morgan fingerprint density at radius 3 is 2.75 bits per heavy atom. The van der Waals surface area contributed by atoms with Gasteiger partial charge in [-0.2, -0.15) is 0 Å². The van der Waals surface area contributed by atoms with Gasteiger partial charge in [-0.05, 0) is 26.2 Å². The largest absolute Gasteiger partial charge is 0.334 e. The Bertz CT molecular complexity index is 293. The Labute approximate surface area is 99.3 Å². The third-order valence-electron chi connectivity index (χ3n) is 3.20. The van der Waals surface area contributed by atoms with E-state index in [1.807, 2.05) is 12.4 Å². The van der Waals surface area contributed by atoms with E-state index in [0.29, 0.717) is 6.04 Å². The summed E-state index contributed by atoms with van der Waals surface area (Å²) in [6.45, 7) is 10.8. The molecule has 0 bridgehead atoms. The van der Waals surface area contributed by atoms with Gasteiger partial charge >= 0.3 is 0 Å². The molecule has 2 atom stereocenters. The first-order chi connectivity index (χ1) is 7.67. The molecular weight excluding hydrogens is 198 g/mol. The lowest BCUT2D eigenvalue weighted by atomic mass is 10.0. The standard InChI is InChI=1S/C13H25N3/c1-5-11(3)9-12(4)15-10-13-14-7-8-16(13)6-2/h7-8,11-12,15H,5-6,9-10H2,1-4H3. The highest BCUT2D eigenvalue weighted by Gasteiger charge is 2.08. The molecule has 0 spiro atoms. The zero-order valence-electron chi connectivity index (χ0n) is 11.0. The van der Waals surface area contributed by atoms with Crippen LogP contribution in [0.5, 0.6) is 0 Å². The molecule has 0 aromatic carbocycles. The molecule has 0 amide bonds. The molecule has 3 nitrogen and oxygen atoms in total. The minimum Gasteiger partial charge on any atom is -0.334 e. The van der Waals surface area contributed by atoms with E-state index < -0.39 is 0 Å². The molecule has 0 aliphatic carbocycles. The van der Waals surface area contributed by atoms with Crippen LogP contribution in [0, 0.1) is 5.92 Å². The molecule has 1 rings (SSSR count). The summed E-state index contributed by atoms with van der Waals surface area (Å²) in [7, 11) is 0. The van der Waals surface area contributed by atoms with E-state index in [-0.39, 0.29) is 0 Å². The second-order valence-corrected chi connectivity index (χ2v) is 4.66. The number of nitrogens with zero attached hydrogens (tertiary/aromatic N) is 2. The van der Waals surface area contributed by atoms with Crippen molar-refractivity contribution in [1.29, 1.82) is 0 Å². The van der Waals surface area contributed by atoms with E-state index in [1.165, 1.54) is 12.8 Å². The van der Waals surface area contributed by atoms with E-state index in [9.17, 15) is 0 Å². The van der Waals surface area contributed by atoms with Gasteiger partial charge in [-0.1, -0.05) is 20.3 Å². The van der Waals surface area contributed by atoms with Gasteiger partial charge in [0.25, 0.3) is 0 Å². The van der Waals surface area contributed by atoms with Gasteiger partial charge in [-0.25, -0.2) is 4.98 Å². The van der Waals surface area contributed by atoms with Crippen molar-refractivity contribution in [3.05, 3.63) is 18.2 Å². The van der Waals surface area contributed by atoms with E-state index in [1.54, 1.807) is 0 Å². The number of rotatable bonds is 7. The second kappa shape index (κ2) is 6.69. The molecule has 3 heteroatoms. The van der Waals surface area contributed by atoms with Crippen LogP contribution < -0.4 is 5.32 Å². The summed E-state index contributed by atoms with van der Waals surface area (Å²) in [5, 5.41) is 3.54. The van der Waals surface area contributed by atoms with Gasteiger partial charge < -0.3 is 9.88 Å². The Balaban J connectivity index is 2.34. The summed E-state index contributed by atoms with van der Waals surface area (Å²) >= 11 is 0. The summed E-state index contributed by atoms with van der Waals surface area (Å²) in [4.78, 5) is 4.36. The van der Waals surface area contributed by atoms with Crippen LogP contribution in [-0.4, -0.2) is 15.6 Å². The molecule has 0 radical (unpaired) electrons. The quantitative estimate of drug-likeness (QED) is 0.770. The fraction of sp³-hybridized carbons (Fsp3) is 0.769. The summed E-state index contributed by atoms with van der Waals surface area (Å²) in [5.74, 6) is 1.94.